The minimum atomic E-state index is -0.453. The van der Waals surface area contributed by atoms with Gasteiger partial charge in [-0.3, -0.25) is 4.79 Å². The Labute approximate surface area is 133 Å². The van der Waals surface area contributed by atoms with Crippen molar-refractivity contribution in [2.24, 2.45) is 11.8 Å². The first-order valence-corrected chi connectivity index (χ1v) is 7.90. The Hall–Kier alpha value is -1.61. The monoisotopic (exact) mass is 302 g/mol. The van der Waals surface area contributed by atoms with Crippen LogP contribution in [0.25, 0.3) is 0 Å². The molecule has 3 atom stereocenters. The molecule has 0 N–H and O–H groups in total. The molecule has 1 aliphatic rings. The zero-order valence-corrected chi connectivity index (χ0v) is 13.7. The SMILES string of the molecule is C=C[C@@H]1C[C@H](OCc2ccccc2)C[C@H]1C(=O)OC(C)(C)C. The second kappa shape index (κ2) is 7.10. The fourth-order valence-corrected chi connectivity index (χ4v) is 2.86. The summed E-state index contributed by atoms with van der Waals surface area (Å²) in [5, 5.41) is 0. The van der Waals surface area contributed by atoms with Crippen molar-refractivity contribution in [2.45, 2.75) is 51.9 Å². The van der Waals surface area contributed by atoms with E-state index in [0.29, 0.717) is 13.0 Å². The van der Waals surface area contributed by atoms with Crippen molar-refractivity contribution in [2.75, 3.05) is 0 Å². The average Bonchev–Trinajstić information content (AvgIpc) is 2.88. The number of carbonyl (C=O) groups excluding carboxylic acids is 1. The smallest absolute Gasteiger partial charge is 0.310 e. The molecule has 0 radical (unpaired) electrons. The molecule has 3 nitrogen and oxygen atoms in total. The predicted octanol–water partition coefficient (Wildman–Crippen LogP) is 4.13. The first-order valence-electron chi connectivity index (χ1n) is 7.90. The molecule has 0 heterocycles. The third kappa shape index (κ3) is 4.70. The average molecular weight is 302 g/mol. The van der Waals surface area contributed by atoms with Gasteiger partial charge < -0.3 is 9.47 Å². The van der Waals surface area contributed by atoms with E-state index in [1.54, 1.807) is 0 Å². The number of carbonyl (C=O) groups is 1. The van der Waals surface area contributed by atoms with Gasteiger partial charge in [-0.2, -0.15) is 0 Å². The van der Waals surface area contributed by atoms with Gasteiger partial charge in [0.2, 0.25) is 0 Å². The zero-order chi connectivity index (χ0) is 16.2. The van der Waals surface area contributed by atoms with Gasteiger partial charge in [0.25, 0.3) is 0 Å². The molecular formula is C19H26O3. The molecule has 2 rings (SSSR count). The Balaban J connectivity index is 1.91. The standard InChI is InChI=1S/C19H26O3/c1-5-15-11-16(21-13-14-9-7-6-8-10-14)12-17(15)18(20)22-19(2,3)4/h5-10,15-17H,1,11-13H2,2-4H3/t15-,16+,17-/m1/s1. The summed E-state index contributed by atoms with van der Waals surface area (Å²) in [5.74, 6) is -0.142. The minimum Gasteiger partial charge on any atom is -0.460 e. The van der Waals surface area contributed by atoms with E-state index in [0.717, 1.165) is 12.0 Å². The van der Waals surface area contributed by atoms with Crippen molar-refractivity contribution in [3.63, 3.8) is 0 Å². The lowest BCUT2D eigenvalue weighted by atomic mass is 9.96. The largest absolute Gasteiger partial charge is 0.460 e. The molecule has 1 aromatic carbocycles. The molecule has 1 aromatic rings. The highest BCUT2D eigenvalue weighted by atomic mass is 16.6. The summed E-state index contributed by atoms with van der Waals surface area (Å²) in [5.41, 5.74) is 0.699. The van der Waals surface area contributed by atoms with Crippen LogP contribution in [0.4, 0.5) is 0 Å². The number of esters is 1. The van der Waals surface area contributed by atoms with E-state index in [4.69, 9.17) is 9.47 Å². The number of hydrogen-bond donors (Lipinski definition) is 0. The lowest BCUT2D eigenvalue weighted by Gasteiger charge is -2.23. The first-order chi connectivity index (χ1) is 10.4. The molecule has 1 aliphatic carbocycles. The van der Waals surface area contributed by atoms with Crippen molar-refractivity contribution >= 4 is 5.97 Å². The molecule has 0 bridgehead atoms. The highest BCUT2D eigenvalue weighted by Crippen LogP contribution is 2.36. The molecule has 0 unspecified atom stereocenters. The van der Waals surface area contributed by atoms with Crippen LogP contribution in [0.3, 0.4) is 0 Å². The molecule has 0 spiro atoms. The topological polar surface area (TPSA) is 35.5 Å². The zero-order valence-electron chi connectivity index (χ0n) is 13.7. The van der Waals surface area contributed by atoms with Crippen LogP contribution in [0, 0.1) is 11.8 Å². The Morgan fingerprint density at radius 3 is 2.55 bits per heavy atom. The van der Waals surface area contributed by atoms with Gasteiger partial charge >= 0.3 is 5.97 Å². The molecule has 0 aliphatic heterocycles. The van der Waals surface area contributed by atoms with Gasteiger partial charge in [-0.05, 0) is 45.1 Å². The summed E-state index contributed by atoms with van der Waals surface area (Å²) in [6.07, 6.45) is 3.49. The minimum absolute atomic E-state index is 0.0840. The van der Waals surface area contributed by atoms with Gasteiger partial charge in [0, 0.05) is 0 Å². The summed E-state index contributed by atoms with van der Waals surface area (Å²) >= 11 is 0. The Morgan fingerprint density at radius 1 is 1.27 bits per heavy atom. The van der Waals surface area contributed by atoms with Crippen LogP contribution in [-0.4, -0.2) is 17.7 Å². The Bertz CT molecular complexity index is 501. The number of allylic oxidation sites excluding steroid dienone is 1. The van der Waals surface area contributed by atoms with Crippen molar-refractivity contribution in [1.82, 2.24) is 0 Å². The normalized spacial score (nSPS) is 25.0. The lowest BCUT2D eigenvalue weighted by molar-refractivity contribution is -0.161. The van der Waals surface area contributed by atoms with Gasteiger partial charge in [0.15, 0.2) is 0 Å². The highest BCUT2D eigenvalue weighted by molar-refractivity contribution is 5.74. The van der Waals surface area contributed by atoms with Gasteiger partial charge in [-0.25, -0.2) is 0 Å². The molecular weight excluding hydrogens is 276 g/mol. The van der Waals surface area contributed by atoms with Crippen molar-refractivity contribution in [3.05, 3.63) is 48.6 Å². The molecule has 1 saturated carbocycles. The Kier molecular flexibility index (Phi) is 5.41. The van der Waals surface area contributed by atoms with Crippen LogP contribution >= 0.6 is 0 Å². The molecule has 3 heteroatoms. The fraction of sp³-hybridized carbons (Fsp3) is 0.526. The van der Waals surface area contributed by atoms with Gasteiger partial charge in [0.05, 0.1) is 18.6 Å². The lowest BCUT2D eigenvalue weighted by Crippen LogP contribution is -2.30. The Morgan fingerprint density at radius 2 is 1.95 bits per heavy atom. The first kappa shape index (κ1) is 16.8. The summed E-state index contributed by atoms with van der Waals surface area (Å²) in [7, 11) is 0. The van der Waals surface area contributed by atoms with Crippen molar-refractivity contribution in [3.8, 4) is 0 Å². The molecule has 1 fully saturated rings. The van der Waals surface area contributed by atoms with Gasteiger partial charge in [-0.1, -0.05) is 36.4 Å². The maximum Gasteiger partial charge on any atom is 0.310 e. The number of rotatable bonds is 5. The summed E-state index contributed by atoms with van der Waals surface area (Å²) in [6, 6.07) is 10.1. The molecule has 0 saturated heterocycles. The molecule has 22 heavy (non-hydrogen) atoms. The highest BCUT2D eigenvalue weighted by Gasteiger charge is 2.39. The maximum absolute atomic E-state index is 12.3. The summed E-state index contributed by atoms with van der Waals surface area (Å²) < 4.78 is 11.5. The quantitative estimate of drug-likeness (QED) is 0.606. The second-order valence-corrected chi connectivity index (χ2v) is 6.93. The van der Waals surface area contributed by atoms with Gasteiger partial charge in [-0.15, -0.1) is 6.58 Å². The third-order valence-corrected chi connectivity index (χ3v) is 3.91. The van der Waals surface area contributed by atoms with Crippen molar-refractivity contribution in [1.29, 1.82) is 0 Å². The molecule has 0 aromatic heterocycles. The molecule has 0 amide bonds. The fourth-order valence-electron chi connectivity index (χ4n) is 2.86. The van der Waals surface area contributed by atoms with Crippen LogP contribution < -0.4 is 0 Å². The van der Waals surface area contributed by atoms with E-state index in [2.05, 4.69) is 6.58 Å². The van der Waals surface area contributed by atoms with E-state index < -0.39 is 5.60 Å². The predicted molar refractivity (Wildman–Crippen MR) is 87.3 cm³/mol. The van der Waals surface area contributed by atoms with Crippen LogP contribution in [0.1, 0.15) is 39.2 Å². The van der Waals surface area contributed by atoms with E-state index >= 15 is 0 Å². The second-order valence-electron chi connectivity index (χ2n) is 6.93. The summed E-state index contributed by atoms with van der Waals surface area (Å²) in [6.45, 7) is 10.1. The van der Waals surface area contributed by atoms with Crippen LogP contribution in [0.15, 0.2) is 43.0 Å². The number of benzene rings is 1. The van der Waals surface area contributed by atoms with Crippen molar-refractivity contribution < 1.29 is 14.3 Å². The van der Waals surface area contributed by atoms with Crippen LogP contribution in [0.2, 0.25) is 0 Å². The van der Waals surface area contributed by atoms with E-state index in [9.17, 15) is 4.79 Å². The molecule has 120 valence electrons. The summed E-state index contributed by atoms with van der Waals surface area (Å²) in [4.78, 5) is 12.3. The number of hydrogen-bond acceptors (Lipinski definition) is 3. The number of ether oxygens (including phenoxy) is 2. The van der Waals surface area contributed by atoms with E-state index in [1.807, 2.05) is 57.2 Å². The van der Waals surface area contributed by atoms with E-state index in [1.165, 1.54) is 0 Å². The van der Waals surface area contributed by atoms with E-state index in [-0.39, 0.29) is 23.9 Å². The van der Waals surface area contributed by atoms with Gasteiger partial charge in [0.1, 0.15) is 5.60 Å². The third-order valence-electron chi connectivity index (χ3n) is 3.91. The maximum atomic E-state index is 12.3. The van der Waals surface area contributed by atoms with Crippen LogP contribution in [-0.2, 0) is 20.9 Å². The van der Waals surface area contributed by atoms with Crippen LogP contribution in [0.5, 0.6) is 0 Å².